The molecule has 0 heterocycles. The van der Waals surface area contributed by atoms with Gasteiger partial charge in [-0.2, -0.15) is 0 Å². The van der Waals surface area contributed by atoms with Crippen LogP contribution in [0.5, 0.6) is 0 Å². The standard InChI is InChI=1S/C24H42O2/c1-8-23(5,6)20(17-22(2,3)4)18-11-13-19(14-12-18)21(25)26-24(7)15-9-10-16-24/h11,13,18-20H,8-10,12,14-17H2,1-7H3. The normalized spacial score (nSPS) is 27.3. The largest absolute Gasteiger partial charge is 0.459 e. The number of hydrogen-bond donors (Lipinski definition) is 0. The fourth-order valence-electron chi connectivity index (χ4n) is 4.85. The molecule has 0 amide bonds. The third-order valence-electron chi connectivity index (χ3n) is 6.98. The van der Waals surface area contributed by atoms with Gasteiger partial charge in [-0.25, -0.2) is 0 Å². The van der Waals surface area contributed by atoms with Crippen molar-refractivity contribution >= 4 is 5.97 Å². The summed E-state index contributed by atoms with van der Waals surface area (Å²) in [7, 11) is 0. The van der Waals surface area contributed by atoms with Gasteiger partial charge in [0, 0.05) is 0 Å². The van der Waals surface area contributed by atoms with E-state index in [1.54, 1.807) is 0 Å². The van der Waals surface area contributed by atoms with E-state index >= 15 is 0 Å². The molecule has 2 rings (SSSR count). The van der Waals surface area contributed by atoms with E-state index in [1.807, 2.05) is 0 Å². The van der Waals surface area contributed by atoms with E-state index in [4.69, 9.17) is 4.74 Å². The first-order valence-corrected chi connectivity index (χ1v) is 10.9. The van der Waals surface area contributed by atoms with E-state index in [1.165, 1.54) is 25.7 Å². The molecule has 0 radical (unpaired) electrons. The first kappa shape index (κ1) is 21.5. The summed E-state index contributed by atoms with van der Waals surface area (Å²) in [5, 5.41) is 0. The molecule has 3 atom stereocenters. The van der Waals surface area contributed by atoms with Crippen LogP contribution in [0.25, 0.3) is 0 Å². The third kappa shape index (κ3) is 5.60. The Bertz CT molecular complexity index is 503. The van der Waals surface area contributed by atoms with Gasteiger partial charge in [-0.1, -0.05) is 60.1 Å². The maximum atomic E-state index is 12.6. The molecular weight excluding hydrogens is 320 g/mol. The third-order valence-corrected chi connectivity index (χ3v) is 6.98. The van der Waals surface area contributed by atoms with Crippen LogP contribution in [0, 0.1) is 28.6 Å². The Balaban J connectivity index is 2.04. The minimum absolute atomic E-state index is 0.00576. The molecule has 3 unspecified atom stereocenters. The summed E-state index contributed by atoms with van der Waals surface area (Å²) >= 11 is 0. The van der Waals surface area contributed by atoms with E-state index in [-0.39, 0.29) is 17.5 Å². The first-order valence-electron chi connectivity index (χ1n) is 10.9. The first-order chi connectivity index (χ1) is 12.0. The molecule has 0 aromatic rings. The fraction of sp³-hybridized carbons (Fsp3) is 0.875. The molecule has 2 heteroatoms. The molecule has 2 aliphatic rings. The minimum atomic E-state index is -0.208. The second-order valence-electron chi connectivity index (χ2n) is 11.0. The number of ether oxygens (including phenoxy) is 1. The van der Waals surface area contributed by atoms with E-state index in [0.29, 0.717) is 22.7 Å². The van der Waals surface area contributed by atoms with Gasteiger partial charge in [-0.05, 0) is 74.5 Å². The smallest absolute Gasteiger partial charge is 0.313 e. The lowest BCUT2D eigenvalue weighted by molar-refractivity contribution is -0.161. The number of carbonyl (C=O) groups is 1. The molecule has 0 aromatic heterocycles. The van der Waals surface area contributed by atoms with Gasteiger partial charge >= 0.3 is 5.97 Å². The van der Waals surface area contributed by atoms with E-state index in [2.05, 4.69) is 60.6 Å². The highest BCUT2D eigenvalue weighted by Gasteiger charge is 2.39. The predicted molar refractivity (Wildman–Crippen MR) is 110 cm³/mol. The maximum Gasteiger partial charge on any atom is 0.313 e. The molecule has 2 nitrogen and oxygen atoms in total. The molecule has 0 bridgehead atoms. The molecule has 0 aliphatic heterocycles. The van der Waals surface area contributed by atoms with Crippen molar-refractivity contribution in [1.29, 1.82) is 0 Å². The number of rotatable bonds is 6. The van der Waals surface area contributed by atoms with Crippen LogP contribution in [-0.2, 0) is 9.53 Å². The van der Waals surface area contributed by atoms with Gasteiger partial charge in [0.2, 0.25) is 0 Å². The summed E-state index contributed by atoms with van der Waals surface area (Å²) in [6.07, 6.45) is 13.4. The van der Waals surface area contributed by atoms with Crippen molar-refractivity contribution in [2.45, 2.75) is 105 Å². The maximum absolute atomic E-state index is 12.6. The predicted octanol–water partition coefficient (Wildman–Crippen LogP) is 6.93. The highest BCUT2D eigenvalue weighted by molar-refractivity contribution is 5.75. The average Bonchev–Trinajstić information content (AvgIpc) is 2.98. The second-order valence-corrected chi connectivity index (χ2v) is 11.0. The van der Waals surface area contributed by atoms with Crippen molar-refractivity contribution in [1.82, 2.24) is 0 Å². The second kappa shape index (κ2) is 8.07. The lowest BCUT2D eigenvalue weighted by Crippen LogP contribution is -2.36. The van der Waals surface area contributed by atoms with Crippen LogP contribution in [0.4, 0.5) is 0 Å². The van der Waals surface area contributed by atoms with Gasteiger partial charge in [0.15, 0.2) is 0 Å². The van der Waals surface area contributed by atoms with Crippen LogP contribution in [0.15, 0.2) is 12.2 Å². The Morgan fingerprint density at radius 3 is 2.19 bits per heavy atom. The molecule has 26 heavy (non-hydrogen) atoms. The highest BCUT2D eigenvalue weighted by Crippen LogP contribution is 2.46. The van der Waals surface area contributed by atoms with E-state index in [9.17, 15) is 4.79 Å². The minimum Gasteiger partial charge on any atom is -0.459 e. The van der Waals surface area contributed by atoms with Crippen LogP contribution < -0.4 is 0 Å². The van der Waals surface area contributed by atoms with Crippen molar-refractivity contribution in [3.63, 3.8) is 0 Å². The van der Waals surface area contributed by atoms with Crippen LogP contribution in [0.1, 0.15) is 99.8 Å². The Hall–Kier alpha value is -0.790. The number of carbonyl (C=O) groups excluding carboxylic acids is 1. The van der Waals surface area contributed by atoms with Crippen LogP contribution in [0.3, 0.4) is 0 Å². The molecule has 0 spiro atoms. The molecule has 0 aromatic carbocycles. The Morgan fingerprint density at radius 1 is 1.12 bits per heavy atom. The van der Waals surface area contributed by atoms with Crippen molar-refractivity contribution in [3.05, 3.63) is 12.2 Å². The van der Waals surface area contributed by atoms with Crippen molar-refractivity contribution in [2.24, 2.45) is 28.6 Å². The lowest BCUT2D eigenvalue weighted by atomic mass is 9.62. The highest BCUT2D eigenvalue weighted by atomic mass is 16.6. The zero-order chi connectivity index (χ0) is 19.6. The van der Waals surface area contributed by atoms with Crippen molar-refractivity contribution in [3.8, 4) is 0 Å². The van der Waals surface area contributed by atoms with Crippen molar-refractivity contribution in [2.75, 3.05) is 0 Å². The molecule has 0 N–H and O–H groups in total. The summed E-state index contributed by atoms with van der Waals surface area (Å²) in [5.41, 5.74) is 0.450. The van der Waals surface area contributed by atoms with Gasteiger partial charge in [-0.15, -0.1) is 0 Å². The molecule has 2 aliphatic carbocycles. The summed E-state index contributed by atoms with van der Waals surface area (Å²) in [5.74, 6) is 1.21. The van der Waals surface area contributed by atoms with Gasteiger partial charge in [0.25, 0.3) is 0 Å². The van der Waals surface area contributed by atoms with Gasteiger partial charge in [-0.3, -0.25) is 4.79 Å². The van der Waals surface area contributed by atoms with E-state index < -0.39 is 0 Å². The summed E-state index contributed by atoms with van der Waals surface area (Å²) in [4.78, 5) is 12.6. The van der Waals surface area contributed by atoms with Crippen LogP contribution in [0.2, 0.25) is 0 Å². The summed E-state index contributed by atoms with van der Waals surface area (Å²) < 4.78 is 5.91. The Morgan fingerprint density at radius 2 is 1.73 bits per heavy atom. The Labute approximate surface area is 162 Å². The zero-order valence-electron chi connectivity index (χ0n) is 18.4. The molecule has 0 saturated heterocycles. The number of esters is 1. The summed E-state index contributed by atoms with van der Waals surface area (Å²) in [6.45, 7) is 16.3. The molecule has 1 fully saturated rings. The van der Waals surface area contributed by atoms with Crippen LogP contribution in [-0.4, -0.2) is 11.6 Å². The number of hydrogen-bond acceptors (Lipinski definition) is 2. The van der Waals surface area contributed by atoms with Gasteiger partial charge in [0.1, 0.15) is 5.60 Å². The van der Waals surface area contributed by atoms with Gasteiger partial charge < -0.3 is 4.74 Å². The number of allylic oxidation sites excluding steroid dienone is 1. The molecule has 1 saturated carbocycles. The quantitative estimate of drug-likeness (QED) is 0.378. The SMILES string of the molecule is CCC(C)(C)C(CC(C)(C)C)C1C=CC(C(=O)OC2(C)CCCC2)CC1. The monoisotopic (exact) mass is 362 g/mol. The van der Waals surface area contributed by atoms with Gasteiger partial charge in [0.05, 0.1) is 5.92 Å². The van der Waals surface area contributed by atoms with Crippen LogP contribution >= 0.6 is 0 Å². The lowest BCUT2D eigenvalue weighted by Gasteiger charge is -2.43. The summed E-state index contributed by atoms with van der Waals surface area (Å²) in [6, 6.07) is 0. The molecule has 150 valence electrons. The topological polar surface area (TPSA) is 26.3 Å². The fourth-order valence-corrected chi connectivity index (χ4v) is 4.85. The zero-order valence-corrected chi connectivity index (χ0v) is 18.4. The molecular formula is C24H42O2. The van der Waals surface area contributed by atoms with E-state index in [0.717, 1.165) is 25.7 Å². The van der Waals surface area contributed by atoms with Crippen molar-refractivity contribution < 1.29 is 9.53 Å². The Kier molecular flexibility index (Phi) is 6.67. The average molecular weight is 363 g/mol.